The van der Waals surface area contributed by atoms with Crippen molar-refractivity contribution in [3.8, 4) is 5.75 Å². The summed E-state index contributed by atoms with van der Waals surface area (Å²) in [5, 5.41) is 3.47. The number of halogens is 2. The molecular weight excluding hydrogens is 459 g/mol. The topological polar surface area (TPSA) is 73.8 Å². The molecule has 0 saturated carbocycles. The lowest BCUT2D eigenvalue weighted by atomic mass is 10.2. The molecule has 1 amide bonds. The minimum absolute atomic E-state index is 0.225. The summed E-state index contributed by atoms with van der Waals surface area (Å²) in [6.07, 6.45) is 0.881. The van der Waals surface area contributed by atoms with Gasteiger partial charge in [0.25, 0.3) is 0 Å². The summed E-state index contributed by atoms with van der Waals surface area (Å²) in [6.45, 7) is 5.17. The van der Waals surface area contributed by atoms with Crippen LogP contribution in [0.3, 0.4) is 0 Å². The van der Waals surface area contributed by atoms with Crippen LogP contribution in [0.25, 0.3) is 0 Å². The predicted octanol–water partition coefficient (Wildman–Crippen LogP) is 4.71. The second-order valence-electron chi connectivity index (χ2n) is 8.16. The molecule has 0 radical (unpaired) electrons. The highest BCUT2D eigenvalue weighted by Gasteiger charge is 2.19. The van der Waals surface area contributed by atoms with E-state index in [0.29, 0.717) is 28.0 Å². The molecule has 1 fully saturated rings. The van der Waals surface area contributed by atoms with Gasteiger partial charge < -0.3 is 19.9 Å². The van der Waals surface area contributed by atoms with Crippen LogP contribution in [-0.2, 0) is 0 Å². The summed E-state index contributed by atoms with van der Waals surface area (Å²) in [7, 11) is 3.60. The Morgan fingerprint density at radius 2 is 1.91 bits per heavy atom. The van der Waals surface area contributed by atoms with Crippen molar-refractivity contribution in [3.05, 3.63) is 65.1 Å². The second-order valence-corrected chi connectivity index (χ2v) is 8.59. The molecule has 2 aromatic carbocycles. The van der Waals surface area contributed by atoms with E-state index in [2.05, 4.69) is 27.2 Å². The molecule has 0 bridgehead atoms. The average Bonchev–Trinajstić information content (AvgIpc) is 2.82. The van der Waals surface area contributed by atoms with Crippen LogP contribution in [0.2, 0.25) is 5.02 Å². The van der Waals surface area contributed by atoms with E-state index in [9.17, 15) is 9.18 Å². The van der Waals surface area contributed by atoms with Gasteiger partial charge in [0.1, 0.15) is 17.4 Å². The van der Waals surface area contributed by atoms with E-state index in [0.717, 1.165) is 31.7 Å². The molecular formula is C24H26ClFN6O2. The molecule has 10 heteroatoms. The van der Waals surface area contributed by atoms with Gasteiger partial charge in [-0.1, -0.05) is 17.7 Å². The van der Waals surface area contributed by atoms with Crippen LogP contribution < -0.4 is 19.9 Å². The quantitative estimate of drug-likeness (QED) is 0.562. The van der Waals surface area contributed by atoms with Gasteiger partial charge >= 0.3 is 6.09 Å². The Morgan fingerprint density at radius 1 is 1.15 bits per heavy atom. The maximum atomic E-state index is 14.8. The average molecular weight is 485 g/mol. The highest BCUT2D eigenvalue weighted by molar-refractivity contribution is 6.30. The number of nitrogens with zero attached hydrogens (tertiary/aromatic N) is 5. The molecule has 1 aromatic heterocycles. The molecule has 3 aromatic rings. The Balaban J connectivity index is 1.44. The van der Waals surface area contributed by atoms with Crippen molar-refractivity contribution in [2.24, 2.45) is 0 Å². The number of aryl methyl sites for hydroxylation is 1. The molecule has 1 N–H and O–H groups in total. The fraction of sp³-hybridized carbons (Fsp3) is 0.292. The summed E-state index contributed by atoms with van der Waals surface area (Å²) in [4.78, 5) is 26.7. The number of ether oxygens (including phenoxy) is 1. The monoisotopic (exact) mass is 484 g/mol. The van der Waals surface area contributed by atoms with E-state index >= 15 is 0 Å². The molecule has 2 heterocycles. The van der Waals surface area contributed by atoms with Gasteiger partial charge in [-0.25, -0.2) is 14.2 Å². The van der Waals surface area contributed by atoms with Crippen molar-refractivity contribution in [3.63, 3.8) is 0 Å². The highest BCUT2D eigenvalue weighted by atomic mass is 35.5. The third kappa shape index (κ3) is 5.55. The number of aromatic nitrogens is 2. The summed E-state index contributed by atoms with van der Waals surface area (Å²) >= 11 is 6.00. The van der Waals surface area contributed by atoms with E-state index in [4.69, 9.17) is 16.3 Å². The summed E-state index contributed by atoms with van der Waals surface area (Å²) in [5.74, 6) is 0.593. The molecule has 0 atom stereocenters. The molecule has 1 aliphatic rings. The van der Waals surface area contributed by atoms with Gasteiger partial charge in [-0.05, 0) is 55.9 Å². The predicted molar refractivity (Wildman–Crippen MR) is 132 cm³/mol. The van der Waals surface area contributed by atoms with Crippen LogP contribution in [0.4, 0.5) is 32.3 Å². The van der Waals surface area contributed by atoms with E-state index in [1.165, 1.54) is 17.2 Å². The number of carbonyl (C=O) groups is 1. The first-order valence-electron chi connectivity index (χ1n) is 10.8. The maximum absolute atomic E-state index is 14.8. The summed E-state index contributed by atoms with van der Waals surface area (Å²) in [6, 6.07) is 11.6. The number of hydrogen-bond donors (Lipinski definition) is 1. The van der Waals surface area contributed by atoms with Crippen LogP contribution in [-0.4, -0.2) is 61.2 Å². The molecule has 4 rings (SSSR count). The van der Waals surface area contributed by atoms with Crippen molar-refractivity contribution in [2.75, 3.05) is 55.4 Å². The molecule has 34 heavy (non-hydrogen) atoms. The number of nitrogens with one attached hydrogen (secondary N) is 1. The Labute approximate surface area is 202 Å². The van der Waals surface area contributed by atoms with Gasteiger partial charge in [-0.3, -0.25) is 4.90 Å². The van der Waals surface area contributed by atoms with Crippen molar-refractivity contribution in [1.29, 1.82) is 0 Å². The fourth-order valence-electron chi connectivity index (χ4n) is 3.55. The van der Waals surface area contributed by atoms with Gasteiger partial charge in [-0.15, -0.1) is 0 Å². The lowest BCUT2D eigenvalue weighted by Crippen LogP contribution is -2.44. The number of amides is 1. The minimum atomic E-state index is -0.627. The van der Waals surface area contributed by atoms with E-state index in [1.54, 1.807) is 43.4 Å². The third-order valence-corrected chi connectivity index (χ3v) is 5.89. The van der Waals surface area contributed by atoms with Gasteiger partial charge in [0, 0.05) is 50.1 Å². The summed E-state index contributed by atoms with van der Waals surface area (Å²) < 4.78 is 20.3. The van der Waals surface area contributed by atoms with Crippen LogP contribution in [0.1, 0.15) is 5.56 Å². The van der Waals surface area contributed by atoms with E-state index in [-0.39, 0.29) is 11.8 Å². The zero-order valence-corrected chi connectivity index (χ0v) is 20.0. The number of benzene rings is 2. The molecule has 1 aliphatic heterocycles. The number of rotatable bonds is 5. The van der Waals surface area contributed by atoms with Gasteiger partial charge in [0.2, 0.25) is 5.95 Å². The van der Waals surface area contributed by atoms with Crippen molar-refractivity contribution < 1.29 is 13.9 Å². The third-order valence-electron chi connectivity index (χ3n) is 5.65. The SMILES string of the molecule is Cc1ccc(Cl)cc1OC(=O)N(C)c1ccnc(Nc2ccc(N3CCN(C)CC3)c(F)c2)n1. The van der Waals surface area contributed by atoms with E-state index < -0.39 is 6.09 Å². The highest BCUT2D eigenvalue weighted by Crippen LogP contribution is 2.26. The molecule has 8 nitrogen and oxygen atoms in total. The zero-order chi connectivity index (χ0) is 24.2. The van der Waals surface area contributed by atoms with Crippen molar-refractivity contribution in [2.45, 2.75) is 6.92 Å². The van der Waals surface area contributed by atoms with Gasteiger partial charge in [0.05, 0.1) is 5.69 Å². The Bertz CT molecular complexity index is 1190. The van der Waals surface area contributed by atoms with Gasteiger partial charge in [0.15, 0.2) is 0 Å². The van der Waals surface area contributed by atoms with Crippen molar-refractivity contribution >= 4 is 40.8 Å². The molecule has 178 valence electrons. The normalized spacial score (nSPS) is 14.1. The number of hydrogen-bond acceptors (Lipinski definition) is 7. The number of carbonyl (C=O) groups excluding carboxylic acids is 1. The van der Waals surface area contributed by atoms with Crippen LogP contribution in [0, 0.1) is 12.7 Å². The first kappa shape index (κ1) is 23.7. The Kier molecular flexibility index (Phi) is 7.14. The molecule has 1 saturated heterocycles. The largest absolute Gasteiger partial charge is 0.420 e. The maximum Gasteiger partial charge on any atom is 0.420 e. The summed E-state index contributed by atoms with van der Waals surface area (Å²) in [5.41, 5.74) is 1.86. The van der Waals surface area contributed by atoms with Crippen LogP contribution in [0.5, 0.6) is 5.75 Å². The standard InChI is InChI=1S/C24H26ClFN6O2/c1-16-4-5-17(25)14-21(16)34-24(33)31(3)22-8-9-27-23(29-22)28-18-6-7-20(19(26)15-18)32-12-10-30(2)11-13-32/h4-9,14-15H,10-13H2,1-3H3,(H,27,28,29). The lowest BCUT2D eigenvalue weighted by molar-refractivity contribution is 0.208. The Hall–Kier alpha value is -3.43. The van der Waals surface area contributed by atoms with E-state index in [1.807, 2.05) is 11.8 Å². The minimum Gasteiger partial charge on any atom is -0.410 e. The fourth-order valence-corrected chi connectivity index (χ4v) is 3.72. The molecule has 0 unspecified atom stereocenters. The number of anilines is 4. The molecule has 0 spiro atoms. The number of piperazine rings is 1. The number of likely N-dealkylation sites (N-methyl/N-ethyl adjacent to an activating group) is 1. The second kappa shape index (κ2) is 10.2. The first-order chi connectivity index (χ1) is 16.3. The Morgan fingerprint density at radius 3 is 2.65 bits per heavy atom. The molecule has 0 aliphatic carbocycles. The zero-order valence-electron chi connectivity index (χ0n) is 19.3. The van der Waals surface area contributed by atoms with Gasteiger partial charge in [-0.2, -0.15) is 4.98 Å². The van der Waals surface area contributed by atoms with Crippen molar-refractivity contribution in [1.82, 2.24) is 14.9 Å². The van der Waals surface area contributed by atoms with Crippen LogP contribution in [0.15, 0.2) is 48.7 Å². The van der Waals surface area contributed by atoms with Crippen LogP contribution >= 0.6 is 11.6 Å². The smallest absolute Gasteiger partial charge is 0.410 e. The lowest BCUT2D eigenvalue weighted by Gasteiger charge is -2.34. The first-order valence-corrected chi connectivity index (χ1v) is 11.2.